The predicted molar refractivity (Wildman–Crippen MR) is 84.3 cm³/mol. The zero-order valence-electron chi connectivity index (χ0n) is 13.0. The van der Waals surface area contributed by atoms with Crippen LogP contribution in [0.25, 0.3) is 0 Å². The molecule has 1 atom stereocenters. The minimum Gasteiger partial charge on any atom is -0.339 e. The van der Waals surface area contributed by atoms with Crippen LogP contribution in [0.15, 0.2) is 18.3 Å². The van der Waals surface area contributed by atoms with Gasteiger partial charge in [0.1, 0.15) is 5.82 Å². The Balaban J connectivity index is 1.61. The molecule has 5 heteroatoms. The highest BCUT2D eigenvalue weighted by molar-refractivity contribution is 5.96. The van der Waals surface area contributed by atoms with Crippen LogP contribution in [-0.4, -0.2) is 34.3 Å². The number of carbonyl (C=O) groups is 2. The molecule has 2 aliphatic rings. The molecule has 118 valence electrons. The molecule has 1 saturated heterocycles. The molecule has 2 fully saturated rings. The summed E-state index contributed by atoms with van der Waals surface area (Å²) < 4.78 is 0. The van der Waals surface area contributed by atoms with Gasteiger partial charge in [0, 0.05) is 25.2 Å². The fourth-order valence-electron chi connectivity index (χ4n) is 3.49. The summed E-state index contributed by atoms with van der Waals surface area (Å²) in [6.45, 7) is 2.52. The molecule has 0 aromatic carbocycles. The van der Waals surface area contributed by atoms with E-state index >= 15 is 0 Å². The van der Waals surface area contributed by atoms with Crippen molar-refractivity contribution in [3.63, 3.8) is 0 Å². The second kappa shape index (κ2) is 6.46. The lowest BCUT2D eigenvalue weighted by atomic mass is 9.94. The molecule has 1 aliphatic heterocycles. The molecule has 1 aliphatic carbocycles. The zero-order valence-corrected chi connectivity index (χ0v) is 13.0. The maximum absolute atomic E-state index is 12.4. The second-order valence-electron chi connectivity index (χ2n) is 6.45. The molecule has 1 aromatic heterocycles. The molecule has 2 heterocycles. The van der Waals surface area contributed by atoms with Gasteiger partial charge in [-0.05, 0) is 37.5 Å². The lowest BCUT2D eigenvalue weighted by molar-refractivity contribution is -0.130. The van der Waals surface area contributed by atoms with Gasteiger partial charge < -0.3 is 10.2 Å². The quantitative estimate of drug-likeness (QED) is 0.933. The van der Waals surface area contributed by atoms with E-state index in [-0.39, 0.29) is 17.7 Å². The number of amides is 2. The molecular formula is C17H23N3O2. The van der Waals surface area contributed by atoms with Gasteiger partial charge in [-0.1, -0.05) is 19.3 Å². The Kier molecular flexibility index (Phi) is 4.41. The molecule has 5 nitrogen and oxygen atoms in total. The highest BCUT2D eigenvalue weighted by atomic mass is 16.2. The number of likely N-dealkylation sites (tertiary alicyclic amines) is 1. The number of pyridine rings is 1. The maximum Gasteiger partial charge on any atom is 0.230 e. The van der Waals surface area contributed by atoms with E-state index in [1.165, 1.54) is 19.3 Å². The second-order valence-corrected chi connectivity index (χ2v) is 6.45. The predicted octanol–water partition coefficient (Wildman–Crippen LogP) is 2.51. The first kappa shape index (κ1) is 15.0. The van der Waals surface area contributed by atoms with Crippen LogP contribution in [0, 0.1) is 12.8 Å². The molecule has 1 aromatic rings. The van der Waals surface area contributed by atoms with E-state index < -0.39 is 0 Å². The number of aromatic nitrogens is 1. The summed E-state index contributed by atoms with van der Waals surface area (Å²) in [6, 6.07) is 4.07. The number of rotatable bonds is 3. The number of hydrogen-bond acceptors (Lipinski definition) is 3. The van der Waals surface area contributed by atoms with Crippen molar-refractivity contribution in [2.75, 3.05) is 11.9 Å². The Hall–Kier alpha value is -1.91. The molecule has 1 N–H and O–H groups in total. The van der Waals surface area contributed by atoms with Gasteiger partial charge in [0.05, 0.1) is 5.92 Å². The van der Waals surface area contributed by atoms with E-state index in [9.17, 15) is 9.59 Å². The third-order valence-electron chi connectivity index (χ3n) is 4.71. The van der Waals surface area contributed by atoms with Crippen LogP contribution in [0.2, 0.25) is 0 Å². The van der Waals surface area contributed by atoms with E-state index in [1.54, 1.807) is 6.20 Å². The minimum atomic E-state index is -0.253. The first-order valence-electron chi connectivity index (χ1n) is 8.16. The summed E-state index contributed by atoms with van der Waals surface area (Å²) in [5, 5.41) is 2.84. The lowest BCUT2D eigenvalue weighted by Crippen LogP contribution is -2.38. The number of nitrogens with one attached hydrogen (secondary N) is 1. The van der Waals surface area contributed by atoms with Crippen LogP contribution < -0.4 is 5.32 Å². The number of nitrogens with zero attached hydrogens (tertiary/aromatic N) is 2. The Morgan fingerprint density at radius 3 is 2.82 bits per heavy atom. The largest absolute Gasteiger partial charge is 0.339 e. The van der Waals surface area contributed by atoms with Crippen LogP contribution in [0.3, 0.4) is 0 Å². The van der Waals surface area contributed by atoms with E-state index in [0.29, 0.717) is 24.8 Å². The van der Waals surface area contributed by atoms with Gasteiger partial charge in [0.25, 0.3) is 0 Å². The Bertz CT molecular complexity index is 567. The third-order valence-corrected chi connectivity index (χ3v) is 4.71. The number of carbonyl (C=O) groups excluding carboxylic acids is 2. The average Bonchev–Trinajstić information content (AvgIpc) is 2.90. The first-order chi connectivity index (χ1) is 10.6. The van der Waals surface area contributed by atoms with Gasteiger partial charge in [-0.15, -0.1) is 0 Å². The number of aryl methyl sites for hydroxylation is 1. The van der Waals surface area contributed by atoms with Crippen LogP contribution >= 0.6 is 0 Å². The normalized spacial score (nSPS) is 22.9. The monoisotopic (exact) mass is 301 g/mol. The van der Waals surface area contributed by atoms with Crippen molar-refractivity contribution in [2.24, 2.45) is 5.92 Å². The van der Waals surface area contributed by atoms with E-state index in [0.717, 1.165) is 18.4 Å². The molecule has 0 radical (unpaired) electrons. The van der Waals surface area contributed by atoms with Crippen molar-refractivity contribution in [3.05, 3.63) is 23.9 Å². The molecule has 3 rings (SSSR count). The molecule has 0 spiro atoms. The average molecular weight is 301 g/mol. The van der Waals surface area contributed by atoms with Gasteiger partial charge in [-0.3, -0.25) is 9.59 Å². The highest BCUT2D eigenvalue weighted by Crippen LogP contribution is 2.29. The van der Waals surface area contributed by atoms with Crippen LogP contribution in [0.1, 0.15) is 44.1 Å². The van der Waals surface area contributed by atoms with Crippen molar-refractivity contribution in [2.45, 2.75) is 51.5 Å². The molecule has 22 heavy (non-hydrogen) atoms. The van der Waals surface area contributed by atoms with Crippen molar-refractivity contribution < 1.29 is 9.59 Å². The fourth-order valence-corrected chi connectivity index (χ4v) is 3.49. The summed E-state index contributed by atoms with van der Waals surface area (Å²) in [5.74, 6) is 0.347. The van der Waals surface area contributed by atoms with Crippen molar-refractivity contribution in [1.82, 2.24) is 9.88 Å². The first-order valence-corrected chi connectivity index (χ1v) is 8.16. The van der Waals surface area contributed by atoms with Crippen molar-refractivity contribution >= 4 is 17.6 Å². The van der Waals surface area contributed by atoms with Crippen LogP contribution in [-0.2, 0) is 9.59 Å². The molecular weight excluding hydrogens is 278 g/mol. The number of hydrogen-bond donors (Lipinski definition) is 1. The maximum atomic E-state index is 12.4. The van der Waals surface area contributed by atoms with Gasteiger partial charge in [-0.25, -0.2) is 4.98 Å². The van der Waals surface area contributed by atoms with Crippen molar-refractivity contribution in [1.29, 1.82) is 0 Å². The molecule has 0 bridgehead atoms. The van der Waals surface area contributed by atoms with Gasteiger partial charge in [0.2, 0.25) is 11.8 Å². The standard InChI is InChI=1S/C17H23N3O2/c1-12-7-8-18-15(9-12)19-17(22)13-10-16(21)20(11-13)14-5-3-2-4-6-14/h7-9,13-14H,2-6,10-11H2,1H3,(H,18,19,22). The van der Waals surface area contributed by atoms with Crippen molar-refractivity contribution in [3.8, 4) is 0 Å². The summed E-state index contributed by atoms with van der Waals surface area (Å²) in [5.41, 5.74) is 1.05. The Morgan fingerprint density at radius 2 is 2.09 bits per heavy atom. The van der Waals surface area contributed by atoms with E-state index in [4.69, 9.17) is 0 Å². The summed E-state index contributed by atoms with van der Waals surface area (Å²) in [6.07, 6.45) is 7.82. The summed E-state index contributed by atoms with van der Waals surface area (Å²) >= 11 is 0. The highest BCUT2D eigenvalue weighted by Gasteiger charge is 2.38. The van der Waals surface area contributed by atoms with Crippen LogP contribution in [0.4, 0.5) is 5.82 Å². The van der Waals surface area contributed by atoms with E-state index in [2.05, 4.69) is 10.3 Å². The fraction of sp³-hybridized carbons (Fsp3) is 0.588. The zero-order chi connectivity index (χ0) is 15.5. The Morgan fingerprint density at radius 1 is 1.32 bits per heavy atom. The molecule has 1 saturated carbocycles. The van der Waals surface area contributed by atoms with E-state index in [1.807, 2.05) is 24.0 Å². The van der Waals surface area contributed by atoms with Gasteiger partial charge in [0.15, 0.2) is 0 Å². The minimum absolute atomic E-state index is 0.0928. The smallest absolute Gasteiger partial charge is 0.230 e. The van der Waals surface area contributed by atoms with Crippen LogP contribution in [0.5, 0.6) is 0 Å². The van der Waals surface area contributed by atoms with Gasteiger partial charge in [-0.2, -0.15) is 0 Å². The Labute approximate surface area is 131 Å². The summed E-state index contributed by atoms with van der Waals surface area (Å²) in [7, 11) is 0. The van der Waals surface area contributed by atoms with Gasteiger partial charge >= 0.3 is 0 Å². The lowest BCUT2D eigenvalue weighted by Gasteiger charge is -2.31. The third kappa shape index (κ3) is 3.29. The molecule has 2 amide bonds. The number of anilines is 1. The summed E-state index contributed by atoms with van der Waals surface area (Å²) in [4.78, 5) is 30.7. The molecule has 1 unspecified atom stereocenters. The SMILES string of the molecule is Cc1ccnc(NC(=O)C2CC(=O)N(C3CCCCC3)C2)c1. The topological polar surface area (TPSA) is 62.3 Å².